The number of phosphoric acid groups is 1. The second-order valence-electron chi connectivity index (χ2n) is 13.0. The minimum absolute atomic E-state index is 0.00654. The molecule has 1 N–H and O–H groups in total. The van der Waals surface area contributed by atoms with Crippen molar-refractivity contribution in [3.05, 3.63) is 0 Å². The van der Waals surface area contributed by atoms with Gasteiger partial charge in [-0.1, -0.05) is 197 Å². The van der Waals surface area contributed by atoms with Crippen molar-refractivity contribution < 1.29 is 28.0 Å². The molecule has 0 aliphatic heterocycles. The van der Waals surface area contributed by atoms with Crippen LogP contribution >= 0.6 is 23.8 Å². The van der Waals surface area contributed by atoms with Crippen molar-refractivity contribution in [1.82, 2.24) is 0 Å². The van der Waals surface area contributed by atoms with Gasteiger partial charge in [-0.25, -0.2) is 4.57 Å². The topological polar surface area (TPSA) is 74.2 Å². The van der Waals surface area contributed by atoms with Crippen molar-refractivity contribution in [3.63, 3.8) is 0 Å². The first kappa shape index (κ1) is 45.5. The molecule has 0 amide bonds. The lowest BCUT2D eigenvalue weighted by molar-refractivity contribution is -0.0442. The third-order valence-electron chi connectivity index (χ3n) is 8.55. The summed E-state index contributed by atoms with van der Waals surface area (Å²) in [6, 6.07) is 0. The molecule has 0 spiro atoms. The van der Waals surface area contributed by atoms with Crippen molar-refractivity contribution in [2.24, 2.45) is 0 Å². The zero-order chi connectivity index (χ0) is 32.9. The van der Waals surface area contributed by atoms with Crippen LogP contribution in [0.25, 0.3) is 0 Å². The quantitative estimate of drug-likeness (QED) is 0.0386. The Morgan fingerprint density at radius 1 is 0.489 bits per heavy atom. The van der Waals surface area contributed by atoms with Gasteiger partial charge in [0.2, 0.25) is 0 Å². The van der Waals surface area contributed by atoms with Gasteiger partial charge in [0.1, 0.15) is 6.10 Å². The number of phosphoric ester groups is 1. The van der Waals surface area contributed by atoms with Crippen LogP contribution in [0.5, 0.6) is 0 Å². The Labute approximate surface area is 289 Å². The SMILES string of the molecule is CCCCCCCCCCCCCCCCOC[C@H](COP(=O)(O)OCCBr)OCCCCCCCCCCCCCCCC. The molecule has 6 nitrogen and oxygen atoms in total. The van der Waals surface area contributed by atoms with Gasteiger partial charge in [-0.15, -0.1) is 0 Å². The van der Waals surface area contributed by atoms with Crippen LogP contribution in [0.15, 0.2) is 0 Å². The van der Waals surface area contributed by atoms with Crippen LogP contribution in [-0.2, 0) is 23.1 Å². The van der Waals surface area contributed by atoms with Crippen LogP contribution in [0.3, 0.4) is 0 Å². The highest BCUT2D eigenvalue weighted by Gasteiger charge is 2.23. The zero-order valence-electron chi connectivity index (χ0n) is 29.9. The van der Waals surface area contributed by atoms with E-state index in [9.17, 15) is 9.46 Å². The number of ether oxygens (including phenoxy) is 2. The Morgan fingerprint density at radius 3 is 1.22 bits per heavy atom. The largest absolute Gasteiger partial charge is 0.472 e. The number of halogens is 1. The summed E-state index contributed by atoms with van der Waals surface area (Å²) < 4.78 is 34.2. The molecule has 0 radical (unpaired) electrons. The molecule has 0 aliphatic carbocycles. The van der Waals surface area contributed by atoms with E-state index in [-0.39, 0.29) is 19.3 Å². The van der Waals surface area contributed by atoms with Gasteiger partial charge in [-0.3, -0.25) is 9.05 Å². The van der Waals surface area contributed by atoms with Crippen molar-refractivity contribution in [2.45, 2.75) is 200 Å². The maximum absolute atomic E-state index is 12.1. The minimum atomic E-state index is -4.08. The van der Waals surface area contributed by atoms with Crippen LogP contribution in [-0.4, -0.2) is 49.4 Å². The molecular weight excluding hydrogens is 651 g/mol. The number of unbranched alkanes of at least 4 members (excludes halogenated alkanes) is 26. The minimum Gasteiger partial charge on any atom is -0.379 e. The smallest absolute Gasteiger partial charge is 0.379 e. The summed E-state index contributed by atoms with van der Waals surface area (Å²) in [4.78, 5) is 9.90. The summed E-state index contributed by atoms with van der Waals surface area (Å²) in [6.45, 7) is 6.34. The summed E-state index contributed by atoms with van der Waals surface area (Å²) in [5.74, 6) is 0. The lowest BCUT2D eigenvalue weighted by Crippen LogP contribution is -2.26. The Bertz CT molecular complexity index is 611. The second-order valence-corrected chi connectivity index (χ2v) is 15.3. The number of rotatable bonds is 39. The van der Waals surface area contributed by atoms with E-state index in [1.807, 2.05) is 0 Å². The molecule has 0 fully saturated rings. The molecular formula is C37H76BrO6P. The molecule has 272 valence electrons. The molecule has 45 heavy (non-hydrogen) atoms. The van der Waals surface area contributed by atoms with Gasteiger partial charge in [0.15, 0.2) is 0 Å². The van der Waals surface area contributed by atoms with E-state index >= 15 is 0 Å². The van der Waals surface area contributed by atoms with E-state index in [1.54, 1.807) is 0 Å². The summed E-state index contributed by atoms with van der Waals surface area (Å²) in [7, 11) is -4.08. The molecule has 0 rings (SSSR count). The lowest BCUT2D eigenvalue weighted by Gasteiger charge is -2.20. The Kier molecular flexibility index (Phi) is 37.8. The third kappa shape index (κ3) is 37.2. The molecule has 8 heteroatoms. The van der Waals surface area contributed by atoms with Gasteiger partial charge in [0, 0.05) is 18.5 Å². The monoisotopic (exact) mass is 726 g/mol. The number of alkyl halides is 1. The average Bonchev–Trinajstić information content (AvgIpc) is 3.03. The van der Waals surface area contributed by atoms with Gasteiger partial charge < -0.3 is 14.4 Å². The lowest BCUT2D eigenvalue weighted by atomic mass is 10.0. The van der Waals surface area contributed by atoms with Crippen LogP contribution in [0.4, 0.5) is 0 Å². The second kappa shape index (κ2) is 37.3. The highest BCUT2D eigenvalue weighted by Crippen LogP contribution is 2.43. The van der Waals surface area contributed by atoms with Crippen molar-refractivity contribution in [1.29, 1.82) is 0 Å². The fourth-order valence-corrected chi connectivity index (χ4v) is 6.83. The van der Waals surface area contributed by atoms with Gasteiger partial charge in [-0.2, -0.15) is 0 Å². The molecule has 0 aromatic carbocycles. The molecule has 0 aliphatic rings. The maximum Gasteiger partial charge on any atom is 0.472 e. The maximum atomic E-state index is 12.1. The van der Waals surface area contributed by atoms with Gasteiger partial charge in [0.05, 0.1) is 19.8 Å². The van der Waals surface area contributed by atoms with E-state index in [0.29, 0.717) is 25.2 Å². The van der Waals surface area contributed by atoms with Crippen molar-refractivity contribution >= 4 is 23.8 Å². The summed E-state index contributed by atoms with van der Waals surface area (Å²) in [5.41, 5.74) is 0. The molecule has 0 saturated carbocycles. The first-order valence-electron chi connectivity index (χ1n) is 19.4. The molecule has 0 aromatic heterocycles. The number of hydrogen-bond acceptors (Lipinski definition) is 5. The van der Waals surface area contributed by atoms with E-state index in [0.717, 1.165) is 19.3 Å². The fraction of sp³-hybridized carbons (Fsp3) is 1.00. The Morgan fingerprint density at radius 2 is 0.844 bits per heavy atom. The summed E-state index contributed by atoms with van der Waals surface area (Å²) >= 11 is 3.20. The zero-order valence-corrected chi connectivity index (χ0v) is 32.4. The van der Waals surface area contributed by atoms with Gasteiger partial charge >= 0.3 is 7.82 Å². The van der Waals surface area contributed by atoms with E-state index in [2.05, 4.69) is 29.8 Å². The van der Waals surface area contributed by atoms with Gasteiger partial charge in [-0.05, 0) is 12.8 Å². The first-order valence-corrected chi connectivity index (χ1v) is 22.0. The highest BCUT2D eigenvalue weighted by molar-refractivity contribution is 9.09. The molecule has 0 aromatic rings. The van der Waals surface area contributed by atoms with Crippen molar-refractivity contribution in [3.8, 4) is 0 Å². The van der Waals surface area contributed by atoms with Crippen molar-refractivity contribution in [2.75, 3.05) is 38.4 Å². The molecule has 0 saturated heterocycles. The molecule has 2 atom stereocenters. The summed E-state index contributed by atoms with van der Waals surface area (Å²) in [6.07, 6.45) is 36.9. The number of hydrogen-bond donors (Lipinski definition) is 1. The average molecular weight is 728 g/mol. The highest BCUT2D eigenvalue weighted by atomic mass is 79.9. The normalized spacial score (nSPS) is 13.8. The predicted octanol–water partition coefficient (Wildman–Crippen LogP) is 12.9. The predicted molar refractivity (Wildman–Crippen MR) is 197 cm³/mol. The fourth-order valence-electron chi connectivity index (χ4n) is 5.67. The van der Waals surface area contributed by atoms with E-state index in [4.69, 9.17) is 18.5 Å². The molecule has 0 heterocycles. The Balaban J connectivity index is 3.89. The first-order chi connectivity index (χ1) is 22.1. The van der Waals surface area contributed by atoms with Crippen LogP contribution in [0, 0.1) is 0 Å². The summed E-state index contributed by atoms with van der Waals surface area (Å²) in [5, 5.41) is 0.474. The van der Waals surface area contributed by atoms with Gasteiger partial charge in [0.25, 0.3) is 0 Å². The standard InChI is InChI=1S/C37H76BrO6P/c1-3-5-7-9-11-13-15-17-19-21-23-25-27-29-32-41-35-37(36-44-45(39,40)43-34-31-38)42-33-30-28-26-24-22-20-18-16-14-12-10-8-6-4-2/h37H,3-36H2,1-2H3,(H,39,40)/t37-/m1/s1. The van der Waals surface area contributed by atoms with Crippen LogP contribution < -0.4 is 0 Å². The molecule has 0 bridgehead atoms. The van der Waals surface area contributed by atoms with Crippen LogP contribution in [0.2, 0.25) is 0 Å². The van der Waals surface area contributed by atoms with E-state index in [1.165, 1.54) is 161 Å². The third-order valence-corrected chi connectivity index (χ3v) is 9.86. The van der Waals surface area contributed by atoms with E-state index < -0.39 is 7.82 Å². The van der Waals surface area contributed by atoms with Crippen LogP contribution in [0.1, 0.15) is 194 Å². The Hall–Kier alpha value is 0.510. The molecule has 1 unspecified atom stereocenters.